The molecule has 2 heterocycles. The third-order valence-corrected chi connectivity index (χ3v) is 4.67. The van der Waals surface area contributed by atoms with Gasteiger partial charge >= 0.3 is 0 Å². The van der Waals surface area contributed by atoms with Gasteiger partial charge in [0, 0.05) is 38.5 Å². The summed E-state index contributed by atoms with van der Waals surface area (Å²) in [6.45, 7) is 6.21. The second-order valence-electron chi connectivity index (χ2n) is 5.87. The van der Waals surface area contributed by atoms with Crippen molar-refractivity contribution in [2.75, 3.05) is 19.6 Å². The minimum Gasteiger partial charge on any atom is -0.343 e. The van der Waals surface area contributed by atoms with Crippen molar-refractivity contribution in [1.29, 1.82) is 0 Å². The topological polar surface area (TPSA) is 40.6 Å². The zero-order chi connectivity index (χ0) is 13.8. The van der Waals surface area contributed by atoms with Crippen LogP contribution in [0.2, 0.25) is 0 Å². The molecule has 4 heteroatoms. The molecule has 0 radical (unpaired) electrons. The SMILES string of the molecule is CC[C@H]1CCCCN1C(=O)C1CCN(C(C)=O)CC1. The summed E-state index contributed by atoms with van der Waals surface area (Å²) in [5.41, 5.74) is 0. The van der Waals surface area contributed by atoms with E-state index >= 15 is 0 Å². The van der Waals surface area contributed by atoms with Crippen molar-refractivity contribution < 1.29 is 9.59 Å². The van der Waals surface area contributed by atoms with Gasteiger partial charge in [0.1, 0.15) is 0 Å². The molecule has 0 unspecified atom stereocenters. The van der Waals surface area contributed by atoms with Gasteiger partial charge in [-0.25, -0.2) is 0 Å². The fourth-order valence-corrected chi connectivity index (χ4v) is 3.39. The van der Waals surface area contributed by atoms with Crippen molar-refractivity contribution in [1.82, 2.24) is 9.80 Å². The molecule has 0 saturated carbocycles. The molecular formula is C15H26N2O2. The zero-order valence-electron chi connectivity index (χ0n) is 12.2. The van der Waals surface area contributed by atoms with Gasteiger partial charge in [-0.2, -0.15) is 0 Å². The molecule has 1 atom stereocenters. The molecule has 2 aliphatic rings. The standard InChI is InChI=1S/C15H26N2O2/c1-3-14-6-4-5-9-17(14)15(19)13-7-10-16(11-8-13)12(2)18/h13-14H,3-11H2,1-2H3/t14-/m0/s1. The number of nitrogens with zero attached hydrogens (tertiary/aromatic N) is 2. The van der Waals surface area contributed by atoms with Crippen LogP contribution >= 0.6 is 0 Å². The third kappa shape index (κ3) is 3.28. The Labute approximate surface area is 116 Å². The van der Waals surface area contributed by atoms with Crippen LogP contribution in [0.15, 0.2) is 0 Å². The summed E-state index contributed by atoms with van der Waals surface area (Å²) in [5.74, 6) is 0.618. The summed E-state index contributed by atoms with van der Waals surface area (Å²) in [5, 5.41) is 0. The lowest BCUT2D eigenvalue weighted by Gasteiger charge is -2.39. The minimum atomic E-state index is 0.135. The molecule has 108 valence electrons. The smallest absolute Gasteiger partial charge is 0.226 e. The molecular weight excluding hydrogens is 240 g/mol. The van der Waals surface area contributed by atoms with Gasteiger partial charge in [-0.1, -0.05) is 6.92 Å². The quantitative estimate of drug-likeness (QED) is 0.767. The van der Waals surface area contributed by atoms with Crippen molar-refractivity contribution in [3.63, 3.8) is 0 Å². The largest absolute Gasteiger partial charge is 0.343 e. The molecule has 2 aliphatic heterocycles. The minimum absolute atomic E-state index is 0.135. The van der Waals surface area contributed by atoms with Gasteiger partial charge in [0.15, 0.2) is 0 Å². The number of likely N-dealkylation sites (tertiary alicyclic amines) is 2. The Morgan fingerprint density at radius 3 is 2.32 bits per heavy atom. The molecule has 2 saturated heterocycles. The number of rotatable bonds is 2. The van der Waals surface area contributed by atoms with E-state index in [0.717, 1.165) is 51.7 Å². The van der Waals surface area contributed by atoms with Gasteiger partial charge in [0.05, 0.1) is 0 Å². The predicted octanol–water partition coefficient (Wildman–Crippen LogP) is 2.04. The van der Waals surface area contributed by atoms with Crippen LogP contribution in [0.5, 0.6) is 0 Å². The molecule has 0 aromatic carbocycles. The van der Waals surface area contributed by atoms with Gasteiger partial charge in [-0.3, -0.25) is 9.59 Å². The zero-order valence-corrected chi connectivity index (χ0v) is 12.2. The fraction of sp³-hybridized carbons (Fsp3) is 0.867. The molecule has 0 bridgehead atoms. The highest BCUT2D eigenvalue weighted by Crippen LogP contribution is 2.26. The van der Waals surface area contributed by atoms with Crippen LogP contribution in [0.1, 0.15) is 52.4 Å². The van der Waals surface area contributed by atoms with E-state index in [2.05, 4.69) is 11.8 Å². The maximum absolute atomic E-state index is 12.6. The fourth-order valence-electron chi connectivity index (χ4n) is 3.39. The summed E-state index contributed by atoms with van der Waals surface area (Å²) in [4.78, 5) is 27.9. The summed E-state index contributed by atoms with van der Waals surface area (Å²) >= 11 is 0. The molecule has 0 aliphatic carbocycles. The third-order valence-electron chi connectivity index (χ3n) is 4.67. The van der Waals surface area contributed by atoms with E-state index in [1.165, 1.54) is 6.42 Å². The van der Waals surface area contributed by atoms with Crippen LogP contribution in [-0.2, 0) is 9.59 Å². The van der Waals surface area contributed by atoms with E-state index in [0.29, 0.717) is 11.9 Å². The number of hydrogen-bond acceptors (Lipinski definition) is 2. The van der Waals surface area contributed by atoms with Crippen molar-refractivity contribution in [2.45, 2.75) is 58.4 Å². The number of carbonyl (C=O) groups is 2. The van der Waals surface area contributed by atoms with E-state index in [9.17, 15) is 9.59 Å². The number of hydrogen-bond donors (Lipinski definition) is 0. The van der Waals surface area contributed by atoms with Gasteiger partial charge in [-0.05, 0) is 38.5 Å². The average Bonchev–Trinajstić information content (AvgIpc) is 2.46. The number of carbonyl (C=O) groups excluding carboxylic acids is 2. The van der Waals surface area contributed by atoms with E-state index in [-0.39, 0.29) is 11.8 Å². The highest BCUT2D eigenvalue weighted by Gasteiger charge is 2.33. The Hall–Kier alpha value is -1.06. The van der Waals surface area contributed by atoms with Crippen molar-refractivity contribution >= 4 is 11.8 Å². The highest BCUT2D eigenvalue weighted by molar-refractivity contribution is 5.80. The molecule has 4 nitrogen and oxygen atoms in total. The normalized spacial score (nSPS) is 25.5. The first-order chi connectivity index (χ1) is 9.13. The first-order valence-corrected chi connectivity index (χ1v) is 7.69. The van der Waals surface area contributed by atoms with Crippen LogP contribution < -0.4 is 0 Å². The molecule has 0 aromatic rings. The summed E-state index contributed by atoms with van der Waals surface area (Å²) in [6, 6.07) is 0.451. The van der Waals surface area contributed by atoms with E-state index in [1.54, 1.807) is 6.92 Å². The Morgan fingerprint density at radius 1 is 1.05 bits per heavy atom. The lowest BCUT2D eigenvalue weighted by atomic mass is 9.92. The first-order valence-electron chi connectivity index (χ1n) is 7.69. The Kier molecular flexibility index (Phi) is 4.83. The first kappa shape index (κ1) is 14.4. The summed E-state index contributed by atoms with van der Waals surface area (Å²) in [6.07, 6.45) is 6.31. The van der Waals surface area contributed by atoms with Gasteiger partial charge in [0.2, 0.25) is 11.8 Å². The molecule has 19 heavy (non-hydrogen) atoms. The number of amides is 2. The Bertz CT molecular complexity index is 335. The average molecular weight is 266 g/mol. The highest BCUT2D eigenvalue weighted by atomic mass is 16.2. The number of piperidine rings is 2. The maximum atomic E-state index is 12.6. The lowest BCUT2D eigenvalue weighted by molar-refractivity contribution is -0.143. The van der Waals surface area contributed by atoms with E-state index in [1.807, 2.05) is 4.90 Å². The van der Waals surface area contributed by atoms with Gasteiger partial charge in [-0.15, -0.1) is 0 Å². The van der Waals surface area contributed by atoms with Crippen LogP contribution in [-0.4, -0.2) is 47.3 Å². The molecule has 0 spiro atoms. The van der Waals surface area contributed by atoms with Crippen molar-refractivity contribution in [3.05, 3.63) is 0 Å². The van der Waals surface area contributed by atoms with Crippen LogP contribution in [0.3, 0.4) is 0 Å². The maximum Gasteiger partial charge on any atom is 0.226 e. The Morgan fingerprint density at radius 2 is 1.74 bits per heavy atom. The molecule has 0 aromatic heterocycles. The summed E-state index contributed by atoms with van der Waals surface area (Å²) < 4.78 is 0. The summed E-state index contributed by atoms with van der Waals surface area (Å²) in [7, 11) is 0. The Balaban J connectivity index is 1.91. The van der Waals surface area contributed by atoms with Crippen LogP contribution in [0.25, 0.3) is 0 Å². The van der Waals surface area contributed by atoms with Crippen LogP contribution in [0, 0.1) is 5.92 Å². The second-order valence-corrected chi connectivity index (χ2v) is 5.87. The van der Waals surface area contributed by atoms with E-state index in [4.69, 9.17) is 0 Å². The molecule has 0 N–H and O–H groups in total. The molecule has 2 fully saturated rings. The van der Waals surface area contributed by atoms with Crippen LogP contribution in [0.4, 0.5) is 0 Å². The van der Waals surface area contributed by atoms with Crippen molar-refractivity contribution in [3.8, 4) is 0 Å². The molecule has 2 amide bonds. The van der Waals surface area contributed by atoms with Crippen molar-refractivity contribution in [2.24, 2.45) is 5.92 Å². The molecule has 2 rings (SSSR count). The van der Waals surface area contributed by atoms with Gasteiger partial charge < -0.3 is 9.80 Å². The van der Waals surface area contributed by atoms with E-state index < -0.39 is 0 Å². The lowest BCUT2D eigenvalue weighted by Crippen LogP contribution is -2.49. The monoisotopic (exact) mass is 266 g/mol. The second kappa shape index (κ2) is 6.40. The predicted molar refractivity (Wildman–Crippen MR) is 74.6 cm³/mol. The van der Waals surface area contributed by atoms with Gasteiger partial charge in [0.25, 0.3) is 0 Å².